The van der Waals surface area contributed by atoms with Gasteiger partial charge in [-0.05, 0) is 18.1 Å². The van der Waals surface area contributed by atoms with E-state index >= 15 is 0 Å². The summed E-state index contributed by atoms with van der Waals surface area (Å²) in [7, 11) is 0. The fraction of sp³-hybridized carbons (Fsp3) is 0.529. The Morgan fingerprint density at radius 3 is 2.89 bits per heavy atom. The number of nitrogens with zero attached hydrogens (tertiary/aromatic N) is 5. The predicted molar refractivity (Wildman–Crippen MR) is 98.1 cm³/mol. The minimum absolute atomic E-state index is 0.202. The van der Waals surface area contributed by atoms with E-state index in [0.717, 1.165) is 18.7 Å². The second-order valence-electron chi connectivity index (χ2n) is 6.59. The van der Waals surface area contributed by atoms with Crippen molar-refractivity contribution in [2.24, 2.45) is 0 Å². The van der Waals surface area contributed by atoms with Crippen molar-refractivity contribution in [2.45, 2.75) is 19.9 Å². The van der Waals surface area contributed by atoms with Crippen molar-refractivity contribution >= 4 is 17.6 Å². The number of carbonyl (C=O) groups excluding carboxylic acids is 1. The van der Waals surface area contributed by atoms with Gasteiger partial charge >= 0.3 is 5.97 Å². The number of pyridine rings is 1. The van der Waals surface area contributed by atoms with Gasteiger partial charge in [-0.3, -0.25) is 19.8 Å². The van der Waals surface area contributed by atoms with Crippen molar-refractivity contribution in [2.75, 3.05) is 39.5 Å². The third-order valence-corrected chi connectivity index (χ3v) is 4.77. The maximum Gasteiger partial charge on any atom is 0.302 e. The largest absolute Gasteiger partial charge is 0.466 e. The molecule has 0 radical (unpaired) electrons. The van der Waals surface area contributed by atoms with Crippen LogP contribution in [0, 0.1) is 10.1 Å². The van der Waals surface area contributed by atoms with Crippen molar-refractivity contribution in [3.8, 4) is 0 Å². The SMILES string of the molecule is CC(=O)OCCCN1CC([N+](=O)[O-])=C2N(Cc3ccc(Cl)nc3)CCN2C1. The van der Waals surface area contributed by atoms with Gasteiger partial charge in [-0.25, -0.2) is 4.98 Å². The summed E-state index contributed by atoms with van der Waals surface area (Å²) in [6.07, 6.45) is 2.34. The van der Waals surface area contributed by atoms with E-state index in [2.05, 4.69) is 4.98 Å². The Morgan fingerprint density at radius 2 is 2.22 bits per heavy atom. The number of halogens is 1. The van der Waals surface area contributed by atoms with Gasteiger partial charge in [-0.15, -0.1) is 0 Å². The monoisotopic (exact) mass is 395 g/mol. The Labute approximate surface area is 162 Å². The van der Waals surface area contributed by atoms with Crippen molar-refractivity contribution in [1.29, 1.82) is 0 Å². The third-order valence-electron chi connectivity index (χ3n) is 4.55. The molecule has 146 valence electrons. The zero-order valence-electron chi connectivity index (χ0n) is 15.1. The molecule has 0 atom stereocenters. The minimum atomic E-state index is -0.311. The van der Waals surface area contributed by atoms with E-state index in [1.165, 1.54) is 6.92 Å². The van der Waals surface area contributed by atoms with Gasteiger partial charge in [0.2, 0.25) is 0 Å². The summed E-state index contributed by atoms with van der Waals surface area (Å²) in [5.74, 6) is 0.375. The molecule has 3 rings (SSSR count). The van der Waals surface area contributed by atoms with E-state index in [1.807, 2.05) is 20.8 Å². The van der Waals surface area contributed by atoms with Crippen LogP contribution in [0.3, 0.4) is 0 Å². The lowest BCUT2D eigenvalue weighted by Crippen LogP contribution is -2.45. The van der Waals surface area contributed by atoms with Crippen molar-refractivity contribution < 1.29 is 14.5 Å². The number of ether oxygens (including phenoxy) is 1. The molecule has 1 fully saturated rings. The highest BCUT2D eigenvalue weighted by Gasteiger charge is 2.39. The van der Waals surface area contributed by atoms with Crippen molar-refractivity contribution in [3.05, 3.63) is 50.7 Å². The van der Waals surface area contributed by atoms with Crippen LogP contribution >= 0.6 is 11.6 Å². The highest BCUT2D eigenvalue weighted by molar-refractivity contribution is 6.29. The fourth-order valence-corrected chi connectivity index (χ4v) is 3.51. The molecule has 9 nitrogen and oxygen atoms in total. The van der Waals surface area contributed by atoms with Crippen LogP contribution in [-0.4, -0.2) is 70.0 Å². The molecule has 1 saturated heterocycles. The number of aromatic nitrogens is 1. The molecule has 0 N–H and O–H groups in total. The first-order chi connectivity index (χ1) is 12.9. The van der Waals surface area contributed by atoms with Crippen LogP contribution in [0.15, 0.2) is 29.8 Å². The summed E-state index contributed by atoms with van der Waals surface area (Å²) in [6, 6.07) is 3.60. The lowest BCUT2D eigenvalue weighted by atomic mass is 10.2. The second-order valence-corrected chi connectivity index (χ2v) is 6.98. The van der Waals surface area contributed by atoms with Gasteiger partial charge in [-0.2, -0.15) is 0 Å². The Hall–Kier alpha value is -2.39. The molecule has 0 bridgehead atoms. The van der Waals surface area contributed by atoms with Gasteiger partial charge in [0.05, 0.1) is 24.7 Å². The van der Waals surface area contributed by atoms with Gasteiger partial charge in [0, 0.05) is 39.3 Å². The summed E-state index contributed by atoms with van der Waals surface area (Å²) in [4.78, 5) is 32.4. The minimum Gasteiger partial charge on any atom is -0.466 e. The van der Waals surface area contributed by atoms with Crippen LogP contribution in [0.5, 0.6) is 0 Å². The predicted octanol–water partition coefficient (Wildman–Crippen LogP) is 1.52. The lowest BCUT2D eigenvalue weighted by molar-refractivity contribution is -0.433. The molecule has 0 unspecified atom stereocenters. The molecule has 2 aliphatic heterocycles. The first-order valence-electron chi connectivity index (χ1n) is 8.77. The molecule has 10 heteroatoms. The first-order valence-corrected chi connectivity index (χ1v) is 9.15. The quantitative estimate of drug-likeness (QED) is 0.225. The standard InChI is InChI=1S/C17H22ClN5O4/c1-13(24)27-8-2-5-20-11-15(23(25)26)17-21(6-7-22(17)12-20)10-14-3-4-16(18)19-9-14/h3-4,9H,2,5-8,10-12H2,1H3. The average molecular weight is 396 g/mol. The number of hydrogen-bond donors (Lipinski definition) is 0. The third kappa shape index (κ3) is 4.86. The molecular weight excluding hydrogens is 374 g/mol. The molecule has 0 spiro atoms. The number of esters is 1. The average Bonchev–Trinajstić information content (AvgIpc) is 3.02. The zero-order valence-corrected chi connectivity index (χ0v) is 15.9. The van der Waals surface area contributed by atoms with Gasteiger partial charge in [0.15, 0.2) is 5.82 Å². The normalized spacial score (nSPS) is 17.3. The fourth-order valence-electron chi connectivity index (χ4n) is 3.40. The summed E-state index contributed by atoms with van der Waals surface area (Å²) < 4.78 is 4.94. The van der Waals surface area contributed by atoms with Crippen LogP contribution in [-0.2, 0) is 16.1 Å². The van der Waals surface area contributed by atoms with Gasteiger partial charge in [0.25, 0.3) is 5.70 Å². The Bertz CT molecular complexity index is 739. The van der Waals surface area contributed by atoms with Crippen LogP contribution in [0.4, 0.5) is 0 Å². The van der Waals surface area contributed by atoms with Gasteiger partial charge in [-0.1, -0.05) is 17.7 Å². The number of nitro groups is 1. The second kappa shape index (κ2) is 8.53. The van der Waals surface area contributed by atoms with E-state index in [0.29, 0.717) is 43.8 Å². The highest BCUT2D eigenvalue weighted by atomic mass is 35.5. The maximum atomic E-state index is 11.7. The highest BCUT2D eigenvalue weighted by Crippen LogP contribution is 2.29. The summed E-state index contributed by atoms with van der Waals surface area (Å²) in [6.45, 7) is 5.23. The maximum absolute atomic E-state index is 11.7. The van der Waals surface area contributed by atoms with Crippen LogP contribution in [0.2, 0.25) is 5.15 Å². The van der Waals surface area contributed by atoms with E-state index in [-0.39, 0.29) is 23.1 Å². The Kier molecular flexibility index (Phi) is 6.12. The molecule has 0 aliphatic carbocycles. The van der Waals surface area contributed by atoms with E-state index in [1.54, 1.807) is 12.3 Å². The molecule has 1 aromatic heterocycles. The van der Waals surface area contributed by atoms with E-state index in [4.69, 9.17) is 16.3 Å². The lowest BCUT2D eigenvalue weighted by Gasteiger charge is -2.34. The zero-order chi connectivity index (χ0) is 19.4. The van der Waals surface area contributed by atoms with Crippen LogP contribution < -0.4 is 0 Å². The smallest absolute Gasteiger partial charge is 0.302 e. The van der Waals surface area contributed by atoms with Crippen molar-refractivity contribution in [3.63, 3.8) is 0 Å². The summed E-state index contributed by atoms with van der Waals surface area (Å²) in [5.41, 5.74) is 1.16. The molecule has 0 aromatic carbocycles. The summed E-state index contributed by atoms with van der Waals surface area (Å²) in [5, 5.41) is 12.1. The Balaban J connectivity index is 1.68. The number of rotatable bonds is 7. The van der Waals surface area contributed by atoms with Gasteiger partial charge < -0.3 is 14.5 Å². The molecule has 3 heterocycles. The van der Waals surface area contributed by atoms with Crippen LogP contribution in [0.1, 0.15) is 18.9 Å². The van der Waals surface area contributed by atoms with Crippen molar-refractivity contribution in [1.82, 2.24) is 19.7 Å². The molecule has 0 saturated carbocycles. The van der Waals surface area contributed by atoms with Crippen LogP contribution in [0.25, 0.3) is 0 Å². The molecular formula is C17H22ClN5O4. The topological polar surface area (TPSA) is 92.0 Å². The molecule has 27 heavy (non-hydrogen) atoms. The van der Waals surface area contributed by atoms with E-state index in [9.17, 15) is 14.9 Å². The van der Waals surface area contributed by atoms with Gasteiger partial charge in [0.1, 0.15) is 5.15 Å². The molecule has 0 amide bonds. The number of carbonyl (C=O) groups is 1. The Morgan fingerprint density at radius 1 is 1.41 bits per heavy atom. The summed E-state index contributed by atoms with van der Waals surface area (Å²) >= 11 is 5.82. The number of fused-ring (bicyclic) bond motifs is 1. The number of hydrogen-bond acceptors (Lipinski definition) is 8. The van der Waals surface area contributed by atoms with E-state index < -0.39 is 0 Å². The first kappa shape index (κ1) is 19.4. The molecule has 2 aliphatic rings. The molecule has 1 aromatic rings.